The average molecular weight is 327 g/mol. The van der Waals surface area contributed by atoms with Crippen LogP contribution in [-0.4, -0.2) is 39.4 Å². The highest BCUT2D eigenvalue weighted by atomic mass is 16.5. The van der Waals surface area contributed by atoms with Crippen LogP contribution in [0.1, 0.15) is 27.9 Å². The van der Waals surface area contributed by atoms with Crippen molar-refractivity contribution in [3.05, 3.63) is 60.2 Å². The minimum absolute atomic E-state index is 0.255. The van der Waals surface area contributed by atoms with Gasteiger partial charge in [0.25, 0.3) is 5.91 Å². The summed E-state index contributed by atoms with van der Waals surface area (Å²) in [5.74, 6) is 1.68. The maximum atomic E-state index is 12.6. The molecule has 3 aromatic rings. The van der Waals surface area contributed by atoms with Gasteiger partial charge in [-0.05, 0) is 31.2 Å². The van der Waals surface area contributed by atoms with Crippen molar-refractivity contribution in [3.8, 4) is 5.82 Å². The predicted octanol–water partition coefficient (Wildman–Crippen LogP) is 1.68. The molecular weight excluding hydrogens is 310 g/mol. The zero-order valence-corrected chi connectivity index (χ0v) is 13.3. The lowest BCUT2D eigenvalue weighted by molar-refractivity contribution is 0.0882. The van der Waals surface area contributed by atoms with E-state index in [-0.39, 0.29) is 11.9 Å². The number of nitrogens with one attached hydrogen (secondary N) is 1. The van der Waals surface area contributed by atoms with Crippen LogP contribution in [0.3, 0.4) is 0 Å². The summed E-state index contributed by atoms with van der Waals surface area (Å²) in [4.78, 5) is 20.6. The summed E-state index contributed by atoms with van der Waals surface area (Å²) in [6.07, 6.45) is 4.47. The molecule has 0 aliphatic carbocycles. The van der Waals surface area contributed by atoms with Gasteiger partial charge in [0.15, 0.2) is 5.82 Å². The molecule has 0 aliphatic rings. The van der Waals surface area contributed by atoms with Crippen molar-refractivity contribution in [2.24, 2.45) is 0 Å². The fourth-order valence-electron chi connectivity index (χ4n) is 2.26. The maximum Gasteiger partial charge on any atom is 0.252 e. The van der Waals surface area contributed by atoms with Crippen molar-refractivity contribution in [2.45, 2.75) is 13.0 Å². The largest absolute Gasteiger partial charge is 0.464 e. The number of carbonyl (C=O) groups excluding carboxylic acids is 1. The molecular formula is C16H17N5O3. The van der Waals surface area contributed by atoms with Crippen LogP contribution >= 0.6 is 0 Å². The normalized spacial score (nSPS) is 12.1. The van der Waals surface area contributed by atoms with Crippen LogP contribution < -0.4 is 5.32 Å². The number of nitrogens with zero attached hydrogens (tertiary/aromatic N) is 4. The van der Waals surface area contributed by atoms with Gasteiger partial charge in [-0.15, -0.1) is 0 Å². The van der Waals surface area contributed by atoms with Crippen LogP contribution in [0, 0.1) is 6.92 Å². The monoisotopic (exact) mass is 327 g/mol. The third kappa shape index (κ3) is 3.49. The number of hydrogen-bond acceptors (Lipinski definition) is 6. The number of amides is 1. The lowest BCUT2D eigenvalue weighted by Gasteiger charge is -2.16. The number of pyridine rings is 1. The summed E-state index contributed by atoms with van der Waals surface area (Å²) in [6, 6.07) is 6.57. The molecule has 24 heavy (non-hydrogen) atoms. The first-order chi connectivity index (χ1) is 11.7. The third-order valence-electron chi connectivity index (χ3n) is 3.40. The Morgan fingerprint density at radius 3 is 2.96 bits per heavy atom. The Morgan fingerprint density at radius 2 is 2.29 bits per heavy atom. The molecule has 0 fully saturated rings. The number of methoxy groups -OCH3 is 1. The minimum Gasteiger partial charge on any atom is -0.464 e. The summed E-state index contributed by atoms with van der Waals surface area (Å²) < 4.78 is 12.3. The van der Waals surface area contributed by atoms with E-state index in [1.54, 1.807) is 25.4 Å². The van der Waals surface area contributed by atoms with Crippen molar-refractivity contribution in [1.82, 2.24) is 25.1 Å². The van der Waals surface area contributed by atoms with Crippen LogP contribution in [-0.2, 0) is 4.74 Å². The number of hydrogen-bond donors (Lipinski definition) is 1. The number of rotatable bonds is 6. The molecule has 124 valence electrons. The van der Waals surface area contributed by atoms with E-state index in [9.17, 15) is 4.79 Å². The summed E-state index contributed by atoms with van der Waals surface area (Å²) in [5.41, 5.74) is 0.458. The molecule has 0 saturated carbocycles. The van der Waals surface area contributed by atoms with Gasteiger partial charge in [-0.3, -0.25) is 4.79 Å². The second-order valence-corrected chi connectivity index (χ2v) is 5.17. The number of furan rings is 1. The van der Waals surface area contributed by atoms with E-state index in [1.165, 1.54) is 17.3 Å². The van der Waals surface area contributed by atoms with Gasteiger partial charge < -0.3 is 14.5 Å². The SMILES string of the molecule is COCC(NC(=O)c1ccnc(-n2cncn2)c1)c1ccc(C)o1. The Hall–Kier alpha value is -3.00. The lowest BCUT2D eigenvalue weighted by Crippen LogP contribution is -2.31. The molecule has 1 N–H and O–H groups in total. The Balaban J connectivity index is 1.79. The Kier molecular flexibility index (Phi) is 4.66. The van der Waals surface area contributed by atoms with E-state index in [4.69, 9.17) is 9.15 Å². The number of aromatic nitrogens is 4. The van der Waals surface area contributed by atoms with Gasteiger partial charge in [0.05, 0.1) is 6.61 Å². The average Bonchev–Trinajstić information content (AvgIpc) is 3.26. The zero-order valence-electron chi connectivity index (χ0n) is 13.3. The maximum absolute atomic E-state index is 12.6. The molecule has 0 radical (unpaired) electrons. The standard InChI is InChI=1S/C16H17N5O3/c1-11-3-4-14(24-11)13(8-23-2)20-16(22)12-5-6-18-15(7-12)21-10-17-9-19-21/h3-7,9-10,13H,8H2,1-2H3,(H,20,22). The van der Waals surface area contributed by atoms with Crippen LogP contribution in [0.2, 0.25) is 0 Å². The molecule has 8 heteroatoms. The number of ether oxygens (including phenoxy) is 1. The fraction of sp³-hybridized carbons (Fsp3) is 0.250. The number of aryl methyl sites for hydroxylation is 1. The van der Waals surface area contributed by atoms with E-state index >= 15 is 0 Å². The van der Waals surface area contributed by atoms with E-state index in [0.29, 0.717) is 23.7 Å². The van der Waals surface area contributed by atoms with Crippen LogP contribution in [0.25, 0.3) is 5.82 Å². The van der Waals surface area contributed by atoms with E-state index in [1.807, 2.05) is 19.1 Å². The molecule has 8 nitrogen and oxygen atoms in total. The molecule has 0 aromatic carbocycles. The third-order valence-corrected chi connectivity index (χ3v) is 3.40. The summed E-state index contributed by atoms with van der Waals surface area (Å²) >= 11 is 0. The molecule has 3 aromatic heterocycles. The predicted molar refractivity (Wildman–Crippen MR) is 84.7 cm³/mol. The Morgan fingerprint density at radius 1 is 1.42 bits per heavy atom. The topological polar surface area (TPSA) is 95.1 Å². The van der Waals surface area contributed by atoms with Gasteiger partial charge in [-0.1, -0.05) is 0 Å². The van der Waals surface area contributed by atoms with Crippen molar-refractivity contribution in [3.63, 3.8) is 0 Å². The van der Waals surface area contributed by atoms with Crippen molar-refractivity contribution in [2.75, 3.05) is 13.7 Å². The second-order valence-electron chi connectivity index (χ2n) is 5.17. The van der Waals surface area contributed by atoms with Crippen LogP contribution in [0.5, 0.6) is 0 Å². The molecule has 0 aliphatic heterocycles. The molecule has 3 rings (SSSR count). The van der Waals surface area contributed by atoms with E-state index in [2.05, 4.69) is 20.4 Å². The van der Waals surface area contributed by atoms with Gasteiger partial charge in [0.1, 0.15) is 30.2 Å². The van der Waals surface area contributed by atoms with Crippen molar-refractivity contribution in [1.29, 1.82) is 0 Å². The molecule has 1 amide bonds. The highest BCUT2D eigenvalue weighted by Crippen LogP contribution is 2.17. The number of carbonyl (C=O) groups is 1. The minimum atomic E-state index is -0.376. The zero-order chi connectivity index (χ0) is 16.9. The van der Waals surface area contributed by atoms with Gasteiger partial charge in [0, 0.05) is 18.9 Å². The first-order valence-electron chi connectivity index (χ1n) is 7.34. The Labute approximate surface area is 138 Å². The van der Waals surface area contributed by atoms with Crippen molar-refractivity contribution < 1.29 is 13.9 Å². The van der Waals surface area contributed by atoms with Gasteiger partial charge in [-0.25, -0.2) is 14.6 Å². The van der Waals surface area contributed by atoms with E-state index in [0.717, 1.165) is 5.76 Å². The van der Waals surface area contributed by atoms with Gasteiger partial charge in [0.2, 0.25) is 0 Å². The van der Waals surface area contributed by atoms with Gasteiger partial charge >= 0.3 is 0 Å². The fourth-order valence-corrected chi connectivity index (χ4v) is 2.26. The lowest BCUT2D eigenvalue weighted by atomic mass is 10.2. The molecule has 3 heterocycles. The first kappa shape index (κ1) is 15.9. The Bertz CT molecular complexity index is 813. The first-order valence-corrected chi connectivity index (χ1v) is 7.34. The summed E-state index contributed by atoms with van der Waals surface area (Å²) in [7, 11) is 1.57. The van der Waals surface area contributed by atoms with Crippen LogP contribution in [0.4, 0.5) is 0 Å². The second kappa shape index (κ2) is 7.05. The quantitative estimate of drug-likeness (QED) is 0.740. The highest BCUT2D eigenvalue weighted by molar-refractivity contribution is 5.94. The smallest absolute Gasteiger partial charge is 0.252 e. The molecule has 1 atom stereocenters. The highest BCUT2D eigenvalue weighted by Gasteiger charge is 2.19. The summed E-state index contributed by atoms with van der Waals surface area (Å²) in [5, 5.41) is 6.91. The molecule has 0 bridgehead atoms. The van der Waals surface area contributed by atoms with E-state index < -0.39 is 0 Å². The van der Waals surface area contributed by atoms with Gasteiger partial charge in [-0.2, -0.15) is 5.10 Å². The molecule has 1 unspecified atom stereocenters. The molecule has 0 saturated heterocycles. The summed E-state index contributed by atoms with van der Waals surface area (Å²) in [6.45, 7) is 2.15. The van der Waals surface area contributed by atoms with Crippen LogP contribution in [0.15, 0.2) is 47.5 Å². The van der Waals surface area contributed by atoms with Crippen molar-refractivity contribution >= 4 is 5.91 Å². The molecule has 0 spiro atoms.